The Balaban J connectivity index is 1.10. The number of nitrogens with zero attached hydrogens (tertiary/aromatic N) is 5. The number of fused-ring (bicyclic) bond motifs is 2. The minimum atomic E-state index is 0.651. The van der Waals surface area contributed by atoms with Crippen molar-refractivity contribution in [2.24, 2.45) is 9.98 Å². The summed E-state index contributed by atoms with van der Waals surface area (Å²) in [7, 11) is 0. The van der Waals surface area contributed by atoms with Crippen LogP contribution in [0.1, 0.15) is 30.5 Å². The van der Waals surface area contributed by atoms with E-state index in [1.54, 1.807) is 6.08 Å². The average molecular weight is 646 g/mol. The first-order valence-electron chi connectivity index (χ1n) is 17.0. The summed E-state index contributed by atoms with van der Waals surface area (Å²) >= 11 is 0. The molecule has 0 bridgehead atoms. The third kappa shape index (κ3) is 6.41. The minimum absolute atomic E-state index is 0.651. The Morgan fingerprint density at radius 3 is 2.30 bits per heavy atom. The molecule has 4 heterocycles. The van der Waals surface area contributed by atoms with Crippen LogP contribution in [0.25, 0.3) is 61.5 Å². The van der Waals surface area contributed by atoms with Crippen LogP contribution in [0.5, 0.6) is 0 Å². The molecule has 0 radical (unpaired) electrons. The maximum Gasteiger partial charge on any atom is 0.160 e. The van der Waals surface area contributed by atoms with Crippen molar-refractivity contribution in [2.75, 3.05) is 0 Å². The second-order valence-electron chi connectivity index (χ2n) is 12.5. The van der Waals surface area contributed by atoms with Crippen LogP contribution in [-0.2, 0) is 6.42 Å². The summed E-state index contributed by atoms with van der Waals surface area (Å²) in [4.78, 5) is 24.6. The Labute approximate surface area is 292 Å². The van der Waals surface area contributed by atoms with E-state index in [2.05, 4.69) is 97.0 Å². The quantitative estimate of drug-likeness (QED) is 0.155. The van der Waals surface area contributed by atoms with Gasteiger partial charge in [0.05, 0.1) is 39.7 Å². The van der Waals surface area contributed by atoms with Gasteiger partial charge in [-0.3, -0.25) is 9.98 Å². The highest BCUT2D eigenvalue weighted by atomic mass is 14.9. The second-order valence-corrected chi connectivity index (χ2v) is 12.5. The molecule has 0 saturated heterocycles. The molecule has 8 rings (SSSR count). The lowest BCUT2D eigenvalue weighted by Gasteiger charge is -2.18. The van der Waals surface area contributed by atoms with Crippen molar-refractivity contribution >= 4 is 33.6 Å². The van der Waals surface area contributed by atoms with Crippen LogP contribution < -0.4 is 0 Å². The van der Waals surface area contributed by atoms with Crippen molar-refractivity contribution in [3.63, 3.8) is 0 Å². The first-order chi connectivity index (χ1) is 24.6. The summed E-state index contributed by atoms with van der Waals surface area (Å²) in [5, 5.41) is 1.09. The van der Waals surface area contributed by atoms with Gasteiger partial charge < -0.3 is 0 Å². The number of aromatic nitrogens is 3. The van der Waals surface area contributed by atoms with Gasteiger partial charge in [-0.2, -0.15) is 0 Å². The maximum atomic E-state index is 5.09. The van der Waals surface area contributed by atoms with Crippen LogP contribution in [0.15, 0.2) is 163 Å². The molecular formula is C45H35N5. The minimum Gasteiger partial charge on any atom is -0.260 e. The summed E-state index contributed by atoms with van der Waals surface area (Å²) in [5.74, 6) is 0.651. The molecule has 2 aromatic heterocycles. The Bertz CT molecular complexity index is 2410. The predicted molar refractivity (Wildman–Crippen MR) is 209 cm³/mol. The van der Waals surface area contributed by atoms with Gasteiger partial charge in [0.25, 0.3) is 0 Å². The molecular weight excluding hydrogens is 611 g/mol. The standard InChI is InChI=1S/C45H35N5/c1-3-4-11-30(2)42-29-44(50-45(49-42)32-12-6-5-7-13-32)36-15-10-14-35(27-36)38-23-21-37-26-33(20-22-39(37)47-38)34-18-17-31-19-24-41(48-43(31)28-34)40-16-8-9-25-46-40/h3-7,9-15,17-18,20-23,25-29H,1-2,8,16,19,24H2/b11-4-. The zero-order chi connectivity index (χ0) is 33.9. The zero-order valence-corrected chi connectivity index (χ0v) is 27.8. The SMILES string of the molecule is C=C/C=C\C(=C)c1cc(-c2cccc(-c3ccc4cc(-c5ccc6c(c5)N=C(C5=NC=CCC5)CC6)ccc4n3)c2)nc(-c2ccccc2)n1. The van der Waals surface area contributed by atoms with Gasteiger partial charge in [0.15, 0.2) is 5.82 Å². The molecule has 0 N–H and O–H groups in total. The molecule has 4 aromatic carbocycles. The average Bonchev–Trinajstić information content (AvgIpc) is 3.19. The fourth-order valence-electron chi connectivity index (χ4n) is 6.49. The molecule has 50 heavy (non-hydrogen) atoms. The summed E-state index contributed by atoms with van der Waals surface area (Å²) in [6.45, 7) is 8.03. The van der Waals surface area contributed by atoms with Crippen molar-refractivity contribution in [3.8, 4) is 45.0 Å². The number of hydrogen-bond acceptors (Lipinski definition) is 5. The first kappa shape index (κ1) is 31.0. The number of hydrogen-bond donors (Lipinski definition) is 0. The topological polar surface area (TPSA) is 63.4 Å². The molecule has 240 valence electrons. The molecule has 5 heteroatoms. The molecule has 2 aliphatic heterocycles. The molecule has 0 fully saturated rings. The van der Waals surface area contributed by atoms with Gasteiger partial charge in [0.2, 0.25) is 0 Å². The largest absolute Gasteiger partial charge is 0.260 e. The van der Waals surface area contributed by atoms with Gasteiger partial charge in [-0.25, -0.2) is 15.0 Å². The van der Waals surface area contributed by atoms with Crippen molar-refractivity contribution < 1.29 is 0 Å². The Morgan fingerprint density at radius 1 is 0.640 bits per heavy atom. The summed E-state index contributed by atoms with van der Waals surface area (Å²) in [6, 6.07) is 37.8. The van der Waals surface area contributed by atoms with E-state index in [1.807, 2.05) is 54.8 Å². The van der Waals surface area contributed by atoms with Crippen LogP contribution in [0, 0.1) is 0 Å². The molecule has 0 atom stereocenters. The summed E-state index contributed by atoms with van der Waals surface area (Å²) in [6.07, 6.45) is 13.5. The predicted octanol–water partition coefficient (Wildman–Crippen LogP) is 11.2. The van der Waals surface area contributed by atoms with Crippen molar-refractivity contribution in [2.45, 2.75) is 25.7 Å². The Hall–Kier alpha value is -6.33. The number of rotatable bonds is 8. The molecule has 0 spiro atoms. The van der Waals surface area contributed by atoms with Crippen LogP contribution in [0.2, 0.25) is 0 Å². The van der Waals surface area contributed by atoms with Gasteiger partial charge >= 0.3 is 0 Å². The number of pyridine rings is 1. The summed E-state index contributed by atoms with van der Waals surface area (Å²) in [5.41, 5.74) is 14.1. The fraction of sp³-hybridized carbons (Fsp3) is 0.0889. The third-order valence-corrected chi connectivity index (χ3v) is 9.19. The molecule has 6 aromatic rings. The lowest BCUT2D eigenvalue weighted by molar-refractivity contribution is 1.000. The van der Waals surface area contributed by atoms with E-state index in [9.17, 15) is 0 Å². The number of aryl methyl sites for hydroxylation is 1. The van der Waals surface area contributed by atoms with E-state index in [1.165, 1.54) is 5.56 Å². The normalized spacial score (nSPS) is 13.9. The fourth-order valence-corrected chi connectivity index (χ4v) is 6.49. The van der Waals surface area contributed by atoms with E-state index in [4.69, 9.17) is 19.9 Å². The monoisotopic (exact) mass is 645 g/mol. The lowest BCUT2D eigenvalue weighted by atomic mass is 9.94. The molecule has 2 aliphatic rings. The van der Waals surface area contributed by atoms with Gasteiger partial charge in [-0.15, -0.1) is 0 Å². The van der Waals surface area contributed by atoms with Gasteiger partial charge in [0, 0.05) is 28.3 Å². The van der Waals surface area contributed by atoms with Crippen molar-refractivity contribution in [3.05, 3.63) is 164 Å². The lowest BCUT2D eigenvalue weighted by Crippen LogP contribution is -2.18. The highest BCUT2D eigenvalue weighted by Gasteiger charge is 2.18. The number of aliphatic imine (C=N–C) groups is 2. The van der Waals surface area contributed by atoms with E-state index in [0.29, 0.717) is 5.82 Å². The van der Waals surface area contributed by atoms with Gasteiger partial charge in [0.1, 0.15) is 0 Å². The van der Waals surface area contributed by atoms with Crippen LogP contribution in [-0.4, -0.2) is 26.4 Å². The van der Waals surface area contributed by atoms with Gasteiger partial charge in [-0.1, -0.05) is 110 Å². The molecule has 5 nitrogen and oxygen atoms in total. The van der Waals surface area contributed by atoms with Crippen LogP contribution >= 0.6 is 0 Å². The van der Waals surface area contributed by atoms with Crippen LogP contribution in [0.4, 0.5) is 5.69 Å². The third-order valence-electron chi connectivity index (χ3n) is 9.19. The maximum absolute atomic E-state index is 5.09. The van der Waals surface area contributed by atoms with Crippen LogP contribution in [0.3, 0.4) is 0 Å². The Kier molecular flexibility index (Phi) is 8.46. The zero-order valence-electron chi connectivity index (χ0n) is 27.8. The highest BCUT2D eigenvalue weighted by Crippen LogP contribution is 2.34. The number of allylic oxidation sites excluding steroid dienone is 5. The highest BCUT2D eigenvalue weighted by molar-refractivity contribution is 6.43. The van der Waals surface area contributed by atoms with E-state index in [0.717, 1.165) is 104 Å². The van der Waals surface area contributed by atoms with E-state index in [-0.39, 0.29) is 0 Å². The Morgan fingerprint density at radius 2 is 1.46 bits per heavy atom. The van der Waals surface area contributed by atoms with Crippen molar-refractivity contribution in [1.82, 2.24) is 15.0 Å². The molecule has 0 aliphatic carbocycles. The molecule has 0 unspecified atom stereocenters. The second kappa shape index (κ2) is 13.7. The first-order valence-corrected chi connectivity index (χ1v) is 17.0. The van der Waals surface area contributed by atoms with E-state index >= 15 is 0 Å². The smallest absolute Gasteiger partial charge is 0.160 e. The van der Waals surface area contributed by atoms with Crippen molar-refractivity contribution in [1.29, 1.82) is 0 Å². The van der Waals surface area contributed by atoms with E-state index < -0.39 is 0 Å². The molecule has 0 amide bonds. The molecule has 0 saturated carbocycles. The van der Waals surface area contributed by atoms with Gasteiger partial charge in [-0.05, 0) is 84.3 Å². The summed E-state index contributed by atoms with van der Waals surface area (Å²) < 4.78 is 0. The number of benzene rings is 4.